The molecule has 0 saturated carbocycles. The highest BCUT2D eigenvalue weighted by Crippen LogP contribution is 2.26. The molecule has 3 rings (SSSR count). The molecule has 0 bridgehead atoms. The number of nitrogens with one attached hydrogen (secondary N) is 1. The smallest absolute Gasteiger partial charge is 0.342 e. The van der Waals surface area contributed by atoms with Gasteiger partial charge in [0.15, 0.2) is 6.10 Å². The van der Waals surface area contributed by atoms with Gasteiger partial charge in [0, 0.05) is 30.5 Å². The van der Waals surface area contributed by atoms with Gasteiger partial charge in [-0.2, -0.15) is 0 Å². The Hall–Kier alpha value is -3.22. The van der Waals surface area contributed by atoms with E-state index >= 15 is 0 Å². The number of hydrogen-bond acceptors (Lipinski definition) is 6. The van der Waals surface area contributed by atoms with Crippen LogP contribution < -0.4 is 19.7 Å². The molecular formula is C23H28N2O5. The van der Waals surface area contributed by atoms with Crippen LogP contribution >= 0.6 is 0 Å². The molecule has 2 aromatic rings. The van der Waals surface area contributed by atoms with Crippen molar-refractivity contribution in [1.82, 2.24) is 0 Å². The van der Waals surface area contributed by atoms with Crippen molar-refractivity contribution in [3.63, 3.8) is 0 Å². The van der Waals surface area contributed by atoms with Gasteiger partial charge in [-0.05, 0) is 62.6 Å². The fourth-order valence-corrected chi connectivity index (χ4v) is 3.40. The normalized spacial score (nSPS) is 14.6. The lowest BCUT2D eigenvalue weighted by atomic mass is 10.1. The molecule has 1 fully saturated rings. The molecule has 160 valence electrons. The molecule has 1 saturated heterocycles. The molecular weight excluding hydrogens is 384 g/mol. The lowest BCUT2D eigenvalue weighted by Gasteiger charge is -2.28. The predicted octanol–water partition coefficient (Wildman–Crippen LogP) is 3.88. The van der Waals surface area contributed by atoms with Gasteiger partial charge >= 0.3 is 5.97 Å². The molecule has 1 aliphatic heterocycles. The van der Waals surface area contributed by atoms with Crippen molar-refractivity contribution in [1.29, 1.82) is 0 Å². The molecule has 7 nitrogen and oxygen atoms in total. The molecule has 0 spiro atoms. The van der Waals surface area contributed by atoms with E-state index in [0.717, 1.165) is 18.8 Å². The second kappa shape index (κ2) is 10.0. The summed E-state index contributed by atoms with van der Waals surface area (Å²) in [5, 5.41) is 2.79. The van der Waals surface area contributed by atoms with E-state index in [1.54, 1.807) is 18.2 Å². The van der Waals surface area contributed by atoms with Gasteiger partial charge in [0.2, 0.25) is 0 Å². The first kappa shape index (κ1) is 21.5. The van der Waals surface area contributed by atoms with Crippen molar-refractivity contribution >= 4 is 23.3 Å². The summed E-state index contributed by atoms with van der Waals surface area (Å²) in [7, 11) is 2.98. The van der Waals surface area contributed by atoms with Gasteiger partial charge in [-0.3, -0.25) is 4.79 Å². The summed E-state index contributed by atoms with van der Waals surface area (Å²) in [6.07, 6.45) is 2.73. The Bertz CT molecular complexity index is 876. The molecule has 1 aliphatic rings. The predicted molar refractivity (Wildman–Crippen MR) is 116 cm³/mol. The van der Waals surface area contributed by atoms with E-state index in [1.807, 2.05) is 24.3 Å². The van der Waals surface area contributed by atoms with Crippen molar-refractivity contribution in [2.24, 2.45) is 0 Å². The zero-order chi connectivity index (χ0) is 21.5. The molecule has 30 heavy (non-hydrogen) atoms. The first-order valence-corrected chi connectivity index (χ1v) is 10.1. The molecule has 0 aromatic heterocycles. The Morgan fingerprint density at radius 1 is 0.967 bits per heavy atom. The molecule has 0 aliphatic carbocycles. The number of hydrogen-bond donors (Lipinski definition) is 1. The monoisotopic (exact) mass is 412 g/mol. The fraction of sp³-hybridized carbons (Fsp3) is 0.391. The molecule has 1 amide bonds. The number of nitrogens with zero attached hydrogens (tertiary/aromatic N) is 1. The third kappa shape index (κ3) is 5.23. The lowest BCUT2D eigenvalue weighted by molar-refractivity contribution is -0.123. The van der Waals surface area contributed by atoms with E-state index in [2.05, 4.69) is 10.2 Å². The number of esters is 1. The summed E-state index contributed by atoms with van der Waals surface area (Å²) < 4.78 is 15.7. The SMILES string of the molecule is COc1ccc(C(=O)O[C@@H](C)C(=O)Nc2ccc(N3CCCCC3)cc2)c(OC)c1. The molecule has 7 heteroatoms. The zero-order valence-corrected chi connectivity index (χ0v) is 17.6. The van der Waals surface area contributed by atoms with Crippen LogP contribution in [0.1, 0.15) is 36.5 Å². The summed E-state index contributed by atoms with van der Waals surface area (Å²) in [5.41, 5.74) is 2.04. The second-order valence-electron chi connectivity index (χ2n) is 7.20. The van der Waals surface area contributed by atoms with Crippen LogP contribution in [-0.4, -0.2) is 45.3 Å². The summed E-state index contributed by atoms with van der Waals surface area (Å²) in [6, 6.07) is 12.5. The Morgan fingerprint density at radius 3 is 2.30 bits per heavy atom. The van der Waals surface area contributed by atoms with Crippen molar-refractivity contribution < 1.29 is 23.8 Å². The highest BCUT2D eigenvalue weighted by atomic mass is 16.5. The number of benzene rings is 2. The second-order valence-corrected chi connectivity index (χ2v) is 7.20. The maximum absolute atomic E-state index is 12.5. The first-order valence-electron chi connectivity index (χ1n) is 10.1. The Labute approximate surface area is 176 Å². The number of carbonyl (C=O) groups is 2. The van der Waals surface area contributed by atoms with E-state index < -0.39 is 18.0 Å². The molecule has 0 unspecified atom stereocenters. The van der Waals surface area contributed by atoms with Crippen molar-refractivity contribution in [3.8, 4) is 11.5 Å². The van der Waals surface area contributed by atoms with Gasteiger partial charge in [0.25, 0.3) is 5.91 Å². The summed E-state index contributed by atoms with van der Waals surface area (Å²) in [5.74, 6) is -0.165. The van der Waals surface area contributed by atoms with Gasteiger partial charge in [-0.25, -0.2) is 4.79 Å². The standard InChI is InChI=1S/C23H28N2O5/c1-16(30-23(27)20-12-11-19(28-2)15-21(20)29-3)22(26)24-17-7-9-18(10-8-17)25-13-5-4-6-14-25/h7-12,15-16H,4-6,13-14H2,1-3H3,(H,24,26)/t16-/m0/s1. The first-order chi connectivity index (χ1) is 14.5. The zero-order valence-electron chi connectivity index (χ0n) is 17.6. The van der Waals surface area contributed by atoms with Crippen LogP contribution in [0.2, 0.25) is 0 Å². The highest BCUT2D eigenvalue weighted by molar-refractivity contribution is 5.98. The van der Waals surface area contributed by atoms with Crippen LogP contribution in [0.15, 0.2) is 42.5 Å². The topological polar surface area (TPSA) is 77.1 Å². The number of piperidine rings is 1. The fourth-order valence-electron chi connectivity index (χ4n) is 3.40. The maximum atomic E-state index is 12.5. The Morgan fingerprint density at radius 2 is 1.67 bits per heavy atom. The quantitative estimate of drug-likeness (QED) is 0.696. The maximum Gasteiger partial charge on any atom is 0.342 e. The minimum atomic E-state index is -0.967. The molecule has 1 atom stereocenters. The number of anilines is 2. The number of amides is 1. The van der Waals surface area contributed by atoms with E-state index in [4.69, 9.17) is 14.2 Å². The van der Waals surface area contributed by atoms with E-state index in [9.17, 15) is 9.59 Å². The average molecular weight is 412 g/mol. The van der Waals surface area contributed by atoms with Crippen molar-refractivity contribution in [2.45, 2.75) is 32.3 Å². The lowest BCUT2D eigenvalue weighted by Crippen LogP contribution is -2.30. The molecule has 0 radical (unpaired) electrons. The molecule has 2 aromatic carbocycles. The average Bonchev–Trinajstić information content (AvgIpc) is 2.79. The third-order valence-electron chi connectivity index (χ3n) is 5.14. The summed E-state index contributed by atoms with van der Waals surface area (Å²) in [4.78, 5) is 27.3. The van der Waals surface area contributed by atoms with Gasteiger partial charge in [-0.1, -0.05) is 0 Å². The van der Waals surface area contributed by atoms with Crippen LogP contribution in [0.5, 0.6) is 11.5 Å². The van der Waals surface area contributed by atoms with Gasteiger partial charge in [0.05, 0.1) is 14.2 Å². The van der Waals surface area contributed by atoms with Crippen molar-refractivity contribution in [2.75, 3.05) is 37.5 Å². The van der Waals surface area contributed by atoms with Crippen LogP contribution in [-0.2, 0) is 9.53 Å². The third-order valence-corrected chi connectivity index (χ3v) is 5.14. The Balaban J connectivity index is 1.58. The van der Waals surface area contributed by atoms with Gasteiger partial charge in [0.1, 0.15) is 17.1 Å². The van der Waals surface area contributed by atoms with Crippen LogP contribution in [0.4, 0.5) is 11.4 Å². The van der Waals surface area contributed by atoms with Gasteiger partial charge in [-0.15, -0.1) is 0 Å². The van der Waals surface area contributed by atoms with E-state index in [1.165, 1.54) is 40.4 Å². The van der Waals surface area contributed by atoms with Gasteiger partial charge < -0.3 is 24.4 Å². The number of rotatable bonds is 7. The summed E-state index contributed by atoms with van der Waals surface area (Å²) >= 11 is 0. The number of methoxy groups -OCH3 is 2. The van der Waals surface area contributed by atoms with Crippen LogP contribution in [0.3, 0.4) is 0 Å². The molecule has 1 N–H and O–H groups in total. The molecule has 1 heterocycles. The van der Waals surface area contributed by atoms with E-state index in [-0.39, 0.29) is 5.56 Å². The number of ether oxygens (including phenoxy) is 3. The summed E-state index contributed by atoms with van der Waals surface area (Å²) in [6.45, 7) is 3.66. The Kier molecular flexibility index (Phi) is 7.17. The van der Waals surface area contributed by atoms with Crippen LogP contribution in [0, 0.1) is 0 Å². The van der Waals surface area contributed by atoms with Crippen molar-refractivity contribution in [3.05, 3.63) is 48.0 Å². The number of carbonyl (C=O) groups excluding carboxylic acids is 2. The minimum absolute atomic E-state index is 0.226. The van der Waals surface area contributed by atoms with Crippen LogP contribution in [0.25, 0.3) is 0 Å². The largest absolute Gasteiger partial charge is 0.497 e. The highest BCUT2D eigenvalue weighted by Gasteiger charge is 2.22. The minimum Gasteiger partial charge on any atom is -0.497 e. The van der Waals surface area contributed by atoms with E-state index in [0.29, 0.717) is 17.2 Å².